The van der Waals surface area contributed by atoms with Crippen molar-refractivity contribution in [1.82, 2.24) is 0 Å². The van der Waals surface area contributed by atoms with E-state index in [4.69, 9.17) is 0 Å². The molecule has 0 saturated carbocycles. The maximum absolute atomic E-state index is 13.9. The van der Waals surface area contributed by atoms with E-state index in [0.29, 0.717) is 12.1 Å². The van der Waals surface area contributed by atoms with Gasteiger partial charge in [-0.05, 0) is 36.4 Å². The lowest BCUT2D eigenvalue weighted by molar-refractivity contribution is -0.373. The second-order valence-electron chi connectivity index (χ2n) is 6.83. The molecule has 3 aromatic carbocycles. The zero-order chi connectivity index (χ0) is 24.3. The van der Waals surface area contributed by atoms with E-state index in [1.54, 1.807) is 18.2 Å². The largest absolute Gasteiger partial charge is 0.442 e. The van der Waals surface area contributed by atoms with Gasteiger partial charge in [0.05, 0.1) is 5.56 Å². The van der Waals surface area contributed by atoms with E-state index in [0.717, 1.165) is 24.3 Å². The molecular formula is C23H15F6NO3. The average Bonchev–Trinajstić information content (AvgIpc) is 2.77. The number of ether oxygens (including phenoxy) is 1. The van der Waals surface area contributed by atoms with Crippen molar-refractivity contribution < 1.29 is 40.7 Å². The molecule has 0 heterocycles. The number of alkyl halides is 6. The highest BCUT2D eigenvalue weighted by atomic mass is 19.4. The predicted octanol–water partition coefficient (Wildman–Crippen LogP) is 6.12. The Morgan fingerprint density at radius 2 is 1.09 bits per heavy atom. The molecule has 0 spiro atoms. The van der Waals surface area contributed by atoms with E-state index in [1.165, 1.54) is 30.3 Å². The number of halogens is 6. The lowest BCUT2D eigenvalue weighted by Crippen LogP contribution is -2.56. The maximum Gasteiger partial charge on any atom is 0.442 e. The molecule has 3 rings (SSSR count). The van der Waals surface area contributed by atoms with Crippen LogP contribution in [0, 0.1) is 0 Å². The van der Waals surface area contributed by atoms with Crippen molar-refractivity contribution in [3.8, 4) is 0 Å². The Balaban J connectivity index is 1.98. The average molecular weight is 467 g/mol. The number of hydrogen-bond donors (Lipinski definition) is 1. The number of esters is 1. The highest BCUT2D eigenvalue weighted by molar-refractivity contribution is 6.04. The van der Waals surface area contributed by atoms with E-state index in [2.05, 4.69) is 10.1 Å². The van der Waals surface area contributed by atoms with Crippen LogP contribution in [0.5, 0.6) is 0 Å². The standard InChI is InChI=1S/C23H15F6NO3/c24-22(25,26)21(23(27,28)29,33-20(32)16-9-5-2-6-10-16)17-11-13-18(14-12-17)30-19(31)15-7-3-1-4-8-15/h1-14H,(H,30,31). The molecule has 0 aliphatic rings. The van der Waals surface area contributed by atoms with Crippen LogP contribution in [0.15, 0.2) is 84.9 Å². The van der Waals surface area contributed by atoms with Crippen molar-refractivity contribution in [3.05, 3.63) is 102 Å². The van der Waals surface area contributed by atoms with Gasteiger partial charge in [-0.1, -0.05) is 48.5 Å². The van der Waals surface area contributed by atoms with E-state index >= 15 is 0 Å². The lowest BCUT2D eigenvalue weighted by atomic mass is 9.91. The molecule has 33 heavy (non-hydrogen) atoms. The second kappa shape index (κ2) is 8.97. The Hall–Kier alpha value is -3.82. The molecule has 4 nitrogen and oxygen atoms in total. The van der Waals surface area contributed by atoms with Crippen LogP contribution < -0.4 is 5.32 Å². The van der Waals surface area contributed by atoms with Crippen LogP contribution in [0.25, 0.3) is 0 Å². The normalized spacial score (nSPS) is 12.2. The van der Waals surface area contributed by atoms with E-state index in [9.17, 15) is 35.9 Å². The Morgan fingerprint density at radius 3 is 1.55 bits per heavy atom. The third-order valence-electron chi connectivity index (χ3n) is 4.64. The topological polar surface area (TPSA) is 55.4 Å². The Kier molecular flexibility index (Phi) is 6.48. The molecule has 0 aliphatic carbocycles. The summed E-state index contributed by atoms with van der Waals surface area (Å²) in [5.74, 6) is -2.41. The molecule has 10 heteroatoms. The Labute approximate surface area is 183 Å². The minimum absolute atomic E-state index is 0.0553. The van der Waals surface area contributed by atoms with Crippen LogP contribution in [0.3, 0.4) is 0 Å². The molecule has 0 fully saturated rings. The quantitative estimate of drug-likeness (QED) is 0.364. The zero-order valence-electron chi connectivity index (χ0n) is 16.6. The van der Waals surface area contributed by atoms with Gasteiger partial charge in [0, 0.05) is 16.8 Å². The molecule has 3 aromatic rings. The van der Waals surface area contributed by atoms with Crippen molar-refractivity contribution in [2.45, 2.75) is 18.0 Å². The maximum atomic E-state index is 13.9. The van der Waals surface area contributed by atoms with Gasteiger partial charge < -0.3 is 10.1 Å². The molecule has 172 valence electrons. The fraction of sp³-hybridized carbons (Fsp3) is 0.130. The molecule has 1 N–H and O–H groups in total. The number of carbonyl (C=O) groups excluding carboxylic acids is 2. The van der Waals surface area contributed by atoms with Gasteiger partial charge in [-0.25, -0.2) is 4.79 Å². The number of benzene rings is 3. The van der Waals surface area contributed by atoms with Gasteiger partial charge in [-0.2, -0.15) is 26.3 Å². The molecule has 0 radical (unpaired) electrons. The van der Waals surface area contributed by atoms with Crippen molar-refractivity contribution in [1.29, 1.82) is 0 Å². The van der Waals surface area contributed by atoms with Gasteiger partial charge in [-0.3, -0.25) is 4.79 Å². The predicted molar refractivity (Wildman–Crippen MR) is 106 cm³/mol. The molecule has 0 bridgehead atoms. The van der Waals surface area contributed by atoms with Crippen molar-refractivity contribution in [3.63, 3.8) is 0 Å². The van der Waals surface area contributed by atoms with Gasteiger partial charge in [-0.15, -0.1) is 0 Å². The summed E-state index contributed by atoms with van der Waals surface area (Å²) in [5, 5.41) is 2.37. The number of anilines is 1. The van der Waals surface area contributed by atoms with Crippen molar-refractivity contribution in [2.24, 2.45) is 0 Å². The van der Waals surface area contributed by atoms with Gasteiger partial charge in [0.1, 0.15) is 0 Å². The van der Waals surface area contributed by atoms with Gasteiger partial charge in [0.2, 0.25) is 0 Å². The first-order valence-corrected chi connectivity index (χ1v) is 9.34. The summed E-state index contributed by atoms with van der Waals surface area (Å²) in [7, 11) is 0. The van der Waals surface area contributed by atoms with Crippen molar-refractivity contribution >= 4 is 17.6 Å². The van der Waals surface area contributed by atoms with Crippen LogP contribution >= 0.6 is 0 Å². The molecule has 0 aliphatic heterocycles. The van der Waals surface area contributed by atoms with Crippen LogP contribution in [0.4, 0.5) is 32.0 Å². The lowest BCUT2D eigenvalue weighted by Gasteiger charge is -2.36. The number of hydrogen-bond acceptors (Lipinski definition) is 3. The summed E-state index contributed by atoms with van der Waals surface area (Å²) in [6.07, 6.45) is -12.1. The summed E-state index contributed by atoms with van der Waals surface area (Å²) in [6, 6.07) is 16.5. The molecule has 0 saturated heterocycles. The fourth-order valence-electron chi connectivity index (χ4n) is 3.02. The smallest absolute Gasteiger partial charge is 0.431 e. The third kappa shape index (κ3) is 4.84. The minimum atomic E-state index is -6.04. The van der Waals surface area contributed by atoms with Crippen LogP contribution in [0.1, 0.15) is 26.3 Å². The van der Waals surface area contributed by atoms with Gasteiger partial charge in [0.25, 0.3) is 5.91 Å². The second-order valence-corrected chi connectivity index (χ2v) is 6.83. The summed E-state index contributed by atoms with van der Waals surface area (Å²) in [5.41, 5.74) is -6.60. The highest BCUT2D eigenvalue weighted by Crippen LogP contribution is 2.53. The van der Waals surface area contributed by atoms with Crippen LogP contribution in [-0.2, 0) is 10.3 Å². The minimum Gasteiger partial charge on any atom is -0.431 e. The van der Waals surface area contributed by atoms with Crippen molar-refractivity contribution in [2.75, 3.05) is 5.32 Å². The molecular weight excluding hydrogens is 452 g/mol. The van der Waals surface area contributed by atoms with Gasteiger partial charge >= 0.3 is 23.9 Å². The number of rotatable bonds is 5. The summed E-state index contributed by atoms with van der Waals surface area (Å²) in [4.78, 5) is 24.4. The number of nitrogens with one attached hydrogen (secondary N) is 1. The molecule has 0 atom stereocenters. The number of carbonyl (C=O) groups is 2. The monoisotopic (exact) mass is 467 g/mol. The molecule has 0 unspecified atom stereocenters. The highest BCUT2D eigenvalue weighted by Gasteiger charge is 2.75. The fourth-order valence-corrected chi connectivity index (χ4v) is 3.02. The summed E-state index contributed by atoms with van der Waals surface area (Å²) >= 11 is 0. The first kappa shape index (κ1) is 23.8. The Morgan fingerprint density at radius 1 is 0.636 bits per heavy atom. The first-order chi connectivity index (χ1) is 15.5. The van der Waals surface area contributed by atoms with Crippen LogP contribution in [0.2, 0.25) is 0 Å². The third-order valence-corrected chi connectivity index (χ3v) is 4.64. The van der Waals surface area contributed by atoms with Crippen LogP contribution in [-0.4, -0.2) is 24.2 Å². The number of amides is 1. The van der Waals surface area contributed by atoms with E-state index in [-0.39, 0.29) is 11.3 Å². The molecule has 0 aromatic heterocycles. The van der Waals surface area contributed by atoms with E-state index in [1.807, 2.05) is 0 Å². The molecule has 1 amide bonds. The SMILES string of the molecule is O=C(Nc1ccc(C(OC(=O)c2ccccc2)(C(F)(F)F)C(F)(F)F)cc1)c1ccccc1. The first-order valence-electron chi connectivity index (χ1n) is 9.34. The summed E-state index contributed by atoms with van der Waals surface area (Å²) in [6.45, 7) is 0. The summed E-state index contributed by atoms with van der Waals surface area (Å²) < 4.78 is 87.5. The van der Waals surface area contributed by atoms with Gasteiger partial charge in [0.15, 0.2) is 0 Å². The van der Waals surface area contributed by atoms with E-state index < -0.39 is 41.0 Å². The Bertz CT molecular complexity index is 1100. The zero-order valence-corrected chi connectivity index (χ0v) is 16.6.